The minimum absolute atomic E-state index is 0.199. The van der Waals surface area contributed by atoms with Gasteiger partial charge in [-0.25, -0.2) is 0 Å². The van der Waals surface area contributed by atoms with E-state index in [9.17, 15) is 0 Å². The third kappa shape index (κ3) is 3.04. The van der Waals surface area contributed by atoms with E-state index in [0.717, 1.165) is 27.7 Å². The number of nitrogen functional groups attached to an aromatic ring is 1. The molecule has 2 aromatic carbocycles. The van der Waals surface area contributed by atoms with E-state index in [1.807, 2.05) is 48.8 Å². The minimum atomic E-state index is 0.199. The fraction of sp³-hybridized carbons (Fsp3) is 0.100. The zero-order valence-electron chi connectivity index (χ0n) is 13.9. The van der Waals surface area contributed by atoms with Crippen LogP contribution >= 0.6 is 0 Å². The molecule has 0 fully saturated rings. The Labute approximate surface area is 145 Å². The fourth-order valence-electron chi connectivity index (χ4n) is 2.97. The summed E-state index contributed by atoms with van der Waals surface area (Å²) in [4.78, 5) is 4.38. The molecular formula is C20H19N5. The second-order valence-electron chi connectivity index (χ2n) is 6.11. The summed E-state index contributed by atoms with van der Waals surface area (Å²) in [5.74, 6) is 0.511. The van der Waals surface area contributed by atoms with E-state index in [-0.39, 0.29) is 6.04 Å². The zero-order valence-corrected chi connectivity index (χ0v) is 13.9. The molecule has 4 aromatic rings. The van der Waals surface area contributed by atoms with Crippen LogP contribution in [0.5, 0.6) is 0 Å². The van der Waals surface area contributed by atoms with Gasteiger partial charge in [-0.1, -0.05) is 36.4 Å². The number of anilines is 2. The van der Waals surface area contributed by atoms with Gasteiger partial charge >= 0.3 is 0 Å². The Morgan fingerprint density at radius 1 is 1.00 bits per heavy atom. The highest BCUT2D eigenvalue weighted by Crippen LogP contribution is 2.28. The van der Waals surface area contributed by atoms with Crippen molar-refractivity contribution < 1.29 is 0 Å². The topological polar surface area (TPSA) is 79.6 Å². The van der Waals surface area contributed by atoms with E-state index in [1.165, 1.54) is 5.56 Å². The number of pyridine rings is 1. The lowest BCUT2D eigenvalue weighted by atomic mass is 10.0. The normalized spacial score (nSPS) is 12.2. The summed E-state index contributed by atoms with van der Waals surface area (Å²) in [7, 11) is 0. The van der Waals surface area contributed by atoms with Gasteiger partial charge in [0.05, 0.1) is 11.2 Å². The van der Waals surface area contributed by atoms with Crippen LogP contribution in [0.2, 0.25) is 0 Å². The van der Waals surface area contributed by atoms with Gasteiger partial charge in [0.25, 0.3) is 0 Å². The van der Waals surface area contributed by atoms with E-state index < -0.39 is 0 Å². The first-order chi connectivity index (χ1) is 12.2. The first-order valence-corrected chi connectivity index (χ1v) is 8.21. The fourth-order valence-corrected chi connectivity index (χ4v) is 2.97. The zero-order chi connectivity index (χ0) is 17.2. The van der Waals surface area contributed by atoms with Gasteiger partial charge in [-0.05, 0) is 36.2 Å². The van der Waals surface area contributed by atoms with E-state index >= 15 is 0 Å². The van der Waals surface area contributed by atoms with Crippen molar-refractivity contribution in [1.82, 2.24) is 15.2 Å². The summed E-state index contributed by atoms with van der Waals surface area (Å²) >= 11 is 0. The molecule has 0 amide bonds. The lowest BCUT2D eigenvalue weighted by molar-refractivity contribution is 0.883. The number of hydrogen-bond donors (Lipinski definition) is 3. The summed E-state index contributed by atoms with van der Waals surface area (Å²) in [6.45, 7) is 2.14. The molecule has 0 spiro atoms. The highest BCUT2D eigenvalue weighted by atomic mass is 15.1. The summed E-state index contributed by atoms with van der Waals surface area (Å²) in [5, 5.41) is 11.4. The van der Waals surface area contributed by atoms with Crippen LogP contribution in [0, 0.1) is 0 Å². The first-order valence-electron chi connectivity index (χ1n) is 8.21. The Bertz CT molecular complexity index is 1010. The number of H-pyrrole nitrogens is 1. The van der Waals surface area contributed by atoms with Crippen molar-refractivity contribution in [1.29, 1.82) is 0 Å². The molecule has 0 saturated carbocycles. The molecule has 4 N–H and O–H groups in total. The third-order valence-electron chi connectivity index (χ3n) is 4.35. The molecule has 0 radical (unpaired) electrons. The van der Waals surface area contributed by atoms with Crippen molar-refractivity contribution in [2.75, 3.05) is 11.1 Å². The quantitative estimate of drug-likeness (QED) is 0.519. The van der Waals surface area contributed by atoms with E-state index in [1.54, 1.807) is 0 Å². The van der Waals surface area contributed by atoms with Crippen LogP contribution < -0.4 is 11.1 Å². The first kappa shape index (κ1) is 15.2. The summed E-state index contributed by atoms with van der Waals surface area (Å²) in [5.41, 5.74) is 11.2. The molecule has 5 heteroatoms. The van der Waals surface area contributed by atoms with Crippen molar-refractivity contribution in [2.24, 2.45) is 0 Å². The number of nitrogens with one attached hydrogen (secondary N) is 2. The van der Waals surface area contributed by atoms with Gasteiger partial charge in [0.2, 0.25) is 0 Å². The highest BCUT2D eigenvalue weighted by molar-refractivity contribution is 5.92. The van der Waals surface area contributed by atoms with Crippen molar-refractivity contribution >= 4 is 22.4 Å². The number of nitrogens with zero attached hydrogens (tertiary/aromatic N) is 2. The number of benzene rings is 2. The van der Waals surface area contributed by atoms with Crippen LogP contribution in [0.15, 0.2) is 67.0 Å². The largest absolute Gasteiger partial charge is 0.382 e. The van der Waals surface area contributed by atoms with Crippen LogP contribution in [0.1, 0.15) is 18.5 Å². The number of aromatic amines is 1. The highest BCUT2D eigenvalue weighted by Gasteiger charge is 2.08. The predicted octanol–water partition coefficient (Wildman–Crippen LogP) is 4.38. The standard InChI is InChI=1S/C20H19N5/c1-13(14-5-3-2-4-6-14)23-17-9-16(11-22-12-17)15-7-8-19-18(10-15)20(21)25-24-19/h2-13,23H,1H3,(H3,21,24,25)/t13-/m0/s1. The van der Waals surface area contributed by atoms with E-state index in [4.69, 9.17) is 5.73 Å². The maximum absolute atomic E-state index is 5.91. The summed E-state index contributed by atoms with van der Waals surface area (Å²) in [6, 6.07) is 18.7. The summed E-state index contributed by atoms with van der Waals surface area (Å²) in [6.07, 6.45) is 3.70. The molecule has 0 bridgehead atoms. The van der Waals surface area contributed by atoms with Crippen LogP contribution in [-0.4, -0.2) is 15.2 Å². The number of rotatable bonds is 4. The molecule has 0 aliphatic heterocycles. The number of nitrogens with two attached hydrogens (primary N) is 1. The van der Waals surface area contributed by atoms with Gasteiger partial charge in [0.15, 0.2) is 5.82 Å². The Morgan fingerprint density at radius 3 is 2.68 bits per heavy atom. The van der Waals surface area contributed by atoms with Gasteiger partial charge in [-0.15, -0.1) is 0 Å². The van der Waals surface area contributed by atoms with Crippen LogP contribution in [-0.2, 0) is 0 Å². The maximum atomic E-state index is 5.91. The average molecular weight is 329 g/mol. The van der Waals surface area contributed by atoms with Crippen molar-refractivity contribution in [3.8, 4) is 11.1 Å². The average Bonchev–Trinajstić information content (AvgIpc) is 3.03. The Balaban J connectivity index is 1.63. The monoisotopic (exact) mass is 329 g/mol. The van der Waals surface area contributed by atoms with Gasteiger partial charge in [0, 0.05) is 29.4 Å². The van der Waals surface area contributed by atoms with E-state index in [2.05, 4.69) is 45.6 Å². The molecule has 2 aromatic heterocycles. The van der Waals surface area contributed by atoms with Crippen LogP contribution in [0.4, 0.5) is 11.5 Å². The maximum Gasteiger partial charge on any atom is 0.153 e. The SMILES string of the molecule is C[C@H](Nc1cncc(-c2ccc3[nH]nc(N)c3c2)c1)c1ccccc1. The van der Waals surface area contributed by atoms with Crippen molar-refractivity contribution in [2.45, 2.75) is 13.0 Å². The second-order valence-corrected chi connectivity index (χ2v) is 6.11. The van der Waals surface area contributed by atoms with Crippen LogP contribution in [0.25, 0.3) is 22.0 Å². The Kier molecular flexibility index (Phi) is 3.82. The number of hydrogen-bond acceptors (Lipinski definition) is 4. The molecule has 2 heterocycles. The van der Waals surface area contributed by atoms with Crippen molar-refractivity contribution in [3.05, 3.63) is 72.6 Å². The van der Waals surface area contributed by atoms with Crippen molar-refractivity contribution in [3.63, 3.8) is 0 Å². The Morgan fingerprint density at radius 2 is 1.84 bits per heavy atom. The van der Waals surface area contributed by atoms with Gasteiger partial charge in [-0.2, -0.15) is 5.10 Å². The Hall–Kier alpha value is -3.34. The summed E-state index contributed by atoms with van der Waals surface area (Å²) < 4.78 is 0. The molecular weight excluding hydrogens is 310 g/mol. The molecule has 1 atom stereocenters. The van der Waals surface area contributed by atoms with Crippen LogP contribution in [0.3, 0.4) is 0 Å². The minimum Gasteiger partial charge on any atom is -0.382 e. The molecule has 5 nitrogen and oxygen atoms in total. The van der Waals surface area contributed by atoms with E-state index in [0.29, 0.717) is 5.82 Å². The van der Waals surface area contributed by atoms with Gasteiger partial charge < -0.3 is 11.1 Å². The molecule has 0 aliphatic carbocycles. The lowest BCUT2D eigenvalue weighted by Crippen LogP contribution is -2.06. The number of fused-ring (bicyclic) bond motifs is 1. The molecule has 0 aliphatic rings. The molecule has 0 saturated heterocycles. The molecule has 25 heavy (non-hydrogen) atoms. The third-order valence-corrected chi connectivity index (χ3v) is 4.35. The smallest absolute Gasteiger partial charge is 0.153 e. The van der Waals surface area contributed by atoms with Gasteiger partial charge in [0.1, 0.15) is 0 Å². The predicted molar refractivity (Wildman–Crippen MR) is 102 cm³/mol. The molecule has 0 unspecified atom stereocenters. The molecule has 124 valence electrons. The van der Waals surface area contributed by atoms with Gasteiger partial charge in [-0.3, -0.25) is 10.1 Å². The number of aromatic nitrogens is 3. The molecule has 4 rings (SSSR count). The second kappa shape index (κ2) is 6.28. The lowest BCUT2D eigenvalue weighted by Gasteiger charge is -2.16.